The van der Waals surface area contributed by atoms with Crippen molar-refractivity contribution >= 4 is 8.73 Å². The molecule has 0 aromatic heterocycles. The van der Waals surface area contributed by atoms with Crippen LogP contribution in [0.3, 0.4) is 0 Å². The van der Waals surface area contributed by atoms with Gasteiger partial charge in [0.1, 0.15) is 8.73 Å². The zero-order valence-corrected chi connectivity index (χ0v) is 6.01. The Labute approximate surface area is 50.5 Å². The van der Waals surface area contributed by atoms with Gasteiger partial charge < -0.3 is 15.2 Å². The van der Waals surface area contributed by atoms with Crippen LogP contribution >= 0.6 is 8.73 Å². The molecular weight excluding hydrogens is 127 g/mol. The smallest absolute Gasteiger partial charge is 0.105 e. The second kappa shape index (κ2) is 4.18. The van der Waals surface area contributed by atoms with Crippen molar-refractivity contribution in [1.82, 2.24) is 5.06 Å². The third-order valence-electron chi connectivity index (χ3n) is 0.557. The Hall–Kier alpha value is 0.270. The molecule has 0 saturated carbocycles. The summed E-state index contributed by atoms with van der Waals surface area (Å²) in [5, 5.41) is 19.7. The fourth-order valence-corrected chi connectivity index (χ4v) is 0.677. The lowest BCUT2D eigenvalue weighted by molar-refractivity contribution is -0.677. The summed E-state index contributed by atoms with van der Waals surface area (Å²) in [4.78, 5) is 0.130. The van der Waals surface area contributed by atoms with Gasteiger partial charge in [-0.2, -0.15) is 5.06 Å². The van der Waals surface area contributed by atoms with E-state index in [1.165, 1.54) is 14.1 Å². The average molecular weight is 138 g/mol. The first-order valence-electron chi connectivity index (χ1n) is 2.27. The monoisotopic (exact) mass is 138 g/mol. The molecule has 0 spiro atoms. The van der Waals surface area contributed by atoms with E-state index in [1.807, 2.05) is 0 Å². The Morgan fingerprint density at radius 1 is 1.88 bits per heavy atom. The molecule has 0 aliphatic heterocycles. The van der Waals surface area contributed by atoms with Gasteiger partial charge in [0.15, 0.2) is 0 Å². The highest BCUT2D eigenvalue weighted by molar-refractivity contribution is 7.30. The molecule has 0 radical (unpaired) electrons. The molecule has 2 unspecified atom stereocenters. The van der Waals surface area contributed by atoms with Crippen molar-refractivity contribution in [3.05, 3.63) is 5.21 Å². The lowest BCUT2D eigenvalue weighted by Gasteiger charge is -2.16. The molecule has 0 aromatic carbocycles. The topological polar surface area (TPSA) is 51.0 Å². The molecule has 0 bridgehead atoms. The molecule has 0 heterocycles. The maximum Gasteiger partial charge on any atom is 0.105 e. The number of hydrogen-bond acceptors (Lipinski definition) is 3. The van der Waals surface area contributed by atoms with Crippen LogP contribution in [-0.2, 0) is 0 Å². The minimum Gasteiger partial charge on any atom is -0.634 e. The molecule has 8 heavy (non-hydrogen) atoms. The Bertz CT molecular complexity index is 51.2. The van der Waals surface area contributed by atoms with Gasteiger partial charge in [0.2, 0.25) is 0 Å². The fourth-order valence-electron chi connectivity index (χ4n) is 0.226. The Morgan fingerprint density at radius 2 is 2.38 bits per heavy atom. The molecule has 0 fully saturated rings. The minimum absolute atomic E-state index is 0.130. The van der Waals surface area contributed by atoms with Gasteiger partial charge in [-0.05, 0) is 0 Å². The molecule has 0 amide bonds. The van der Waals surface area contributed by atoms with Crippen LogP contribution in [0, 0.1) is 5.21 Å². The molecule has 50 valence electrons. The van der Waals surface area contributed by atoms with Gasteiger partial charge >= 0.3 is 0 Å². The van der Waals surface area contributed by atoms with Gasteiger partial charge in [-0.3, -0.25) is 0 Å². The summed E-state index contributed by atoms with van der Waals surface area (Å²) in [5.74, 6) is 0. The van der Waals surface area contributed by atoms with Crippen molar-refractivity contribution in [2.45, 2.75) is 0 Å². The van der Waals surface area contributed by atoms with Crippen LogP contribution < -0.4 is 4.83 Å². The summed E-state index contributed by atoms with van der Waals surface area (Å²) in [6.45, 7) is 0. The van der Waals surface area contributed by atoms with E-state index in [1.54, 1.807) is 0 Å². The molecule has 0 saturated heterocycles. The van der Waals surface area contributed by atoms with Gasteiger partial charge in [-0.25, -0.2) is 0 Å². The van der Waals surface area contributed by atoms with Crippen LogP contribution in [-0.4, -0.2) is 30.7 Å². The first-order chi connectivity index (χ1) is 3.63. The van der Waals surface area contributed by atoms with Gasteiger partial charge in [0.25, 0.3) is 0 Å². The van der Waals surface area contributed by atoms with Crippen LogP contribution in [0.2, 0.25) is 0 Å². The quantitative estimate of drug-likeness (QED) is 0.383. The van der Waals surface area contributed by atoms with Crippen LogP contribution in [0.4, 0.5) is 0 Å². The number of nitrogens with zero attached hydrogens (tertiary/aromatic N) is 1. The maximum absolute atomic E-state index is 10.2. The van der Waals surface area contributed by atoms with E-state index in [0.29, 0.717) is 6.29 Å². The first kappa shape index (κ1) is 8.27. The lowest BCUT2D eigenvalue weighted by Crippen LogP contribution is -2.95. The molecular formula is C3H11N2O2P. The largest absolute Gasteiger partial charge is 0.634 e. The van der Waals surface area contributed by atoms with E-state index in [2.05, 4.69) is 0 Å². The standard InChI is InChI=1S/C3H11N2O2P/c1-4(6)3-8-5(2)7/h5-6,8H,3H2,1-2H3. The van der Waals surface area contributed by atoms with Crippen molar-refractivity contribution in [3.63, 3.8) is 0 Å². The molecule has 0 aliphatic rings. The molecule has 0 rings (SSSR count). The number of nitrogens with one attached hydrogen (secondary N) is 1. The molecule has 0 aromatic rings. The third-order valence-corrected chi connectivity index (χ3v) is 1.67. The zero-order valence-electron chi connectivity index (χ0n) is 5.01. The Kier molecular flexibility index (Phi) is 4.32. The summed E-state index contributed by atoms with van der Waals surface area (Å²) >= 11 is 0. The van der Waals surface area contributed by atoms with Crippen LogP contribution in [0.15, 0.2) is 0 Å². The Balaban J connectivity index is 2.93. The minimum atomic E-state index is 0.130. The molecule has 0 aliphatic carbocycles. The maximum atomic E-state index is 10.2. The number of quaternary nitrogens is 1. The van der Waals surface area contributed by atoms with E-state index in [4.69, 9.17) is 5.21 Å². The van der Waals surface area contributed by atoms with Gasteiger partial charge in [0, 0.05) is 7.05 Å². The van der Waals surface area contributed by atoms with Gasteiger partial charge in [-0.1, -0.05) is 0 Å². The molecule has 2 atom stereocenters. The van der Waals surface area contributed by atoms with Crippen LogP contribution in [0.5, 0.6) is 0 Å². The molecule has 2 N–H and O–H groups in total. The summed E-state index contributed by atoms with van der Waals surface area (Å²) in [6, 6.07) is 0. The predicted octanol–water partition coefficient (Wildman–Crippen LogP) is -1.13. The fraction of sp³-hybridized carbons (Fsp3) is 1.00. The van der Waals surface area contributed by atoms with E-state index >= 15 is 0 Å². The Morgan fingerprint density at radius 3 is 2.50 bits per heavy atom. The SMILES string of the molecule is CN(O)CP[NH+](C)[O-]. The summed E-state index contributed by atoms with van der Waals surface area (Å²) in [5.41, 5.74) is 0. The van der Waals surface area contributed by atoms with Gasteiger partial charge in [-0.15, -0.1) is 0 Å². The summed E-state index contributed by atoms with van der Waals surface area (Å²) in [7, 11) is 3.25. The van der Waals surface area contributed by atoms with Crippen molar-refractivity contribution < 1.29 is 10.0 Å². The number of hydroxylamine groups is 3. The van der Waals surface area contributed by atoms with Crippen molar-refractivity contribution in [1.29, 1.82) is 0 Å². The van der Waals surface area contributed by atoms with E-state index in [0.717, 1.165) is 5.06 Å². The van der Waals surface area contributed by atoms with Crippen molar-refractivity contribution in [2.24, 2.45) is 0 Å². The third kappa shape index (κ3) is 6.27. The average Bonchev–Trinajstić information content (AvgIpc) is 1.61. The number of rotatable bonds is 3. The number of hydrogen-bond donors (Lipinski definition) is 2. The van der Waals surface area contributed by atoms with Crippen molar-refractivity contribution in [3.8, 4) is 0 Å². The van der Waals surface area contributed by atoms with Crippen LogP contribution in [0.25, 0.3) is 0 Å². The highest BCUT2D eigenvalue weighted by Crippen LogP contribution is 1.93. The second-order valence-corrected chi connectivity index (χ2v) is 2.92. The van der Waals surface area contributed by atoms with Crippen molar-refractivity contribution in [2.75, 3.05) is 20.4 Å². The zero-order chi connectivity index (χ0) is 6.57. The van der Waals surface area contributed by atoms with E-state index in [-0.39, 0.29) is 13.6 Å². The lowest BCUT2D eigenvalue weighted by atomic mass is 11.2. The normalized spacial score (nSPS) is 16.1. The van der Waals surface area contributed by atoms with Gasteiger partial charge in [0.05, 0.1) is 13.3 Å². The summed E-state index contributed by atoms with van der Waals surface area (Å²) in [6.07, 6.45) is 0.454. The van der Waals surface area contributed by atoms with Crippen LogP contribution in [0.1, 0.15) is 0 Å². The highest BCUT2D eigenvalue weighted by atomic mass is 31.1. The summed E-state index contributed by atoms with van der Waals surface area (Å²) < 4.78 is 0. The predicted molar refractivity (Wildman–Crippen MR) is 33.0 cm³/mol. The van der Waals surface area contributed by atoms with E-state index in [9.17, 15) is 5.21 Å². The molecule has 5 heteroatoms. The second-order valence-electron chi connectivity index (χ2n) is 1.55. The first-order valence-corrected chi connectivity index (χ1v) is 3.48. The highest BCUT2D eigenvalue weighted by Gasteiger charge is 1.92. The van der Waals surface area contributed by atoms with E-state index < -0.39 is 0 Å². The molecule has 4 nitrogen and oxygen atoms in total.